The van der Waals surface area contributed by atoms with Gasteiger partial charge in [-0.15, -0.1) is 10.2 Å². The number of anilines is 1. The lowest BCUT2D eigenvalue weighted by Gasteiger charge is -2.34. The van der Waals surface area contributed by atoms with Crippen molar-refractivity contribution in [3.63, 3.8) is 0 Å². The van der Waals surface area contributed by atoms with Crippen LogP contribution in [0.4, 0.5) is 5.82 Å². The van der Waals surface area contributed by atoms with Gasteiger partial charge in [0.15, 0.2) is 5.82 Å². The molecule has 4 rings (SSSR count). The van der Waals surface area contributed by atoms with Crippen LogP contribution in [0.25, 0.3) is 11.3 Å². The number of nitrogens with zero attached hydrogens (tertiary/aromatic N) is 4. The first kappa shape index (κ1) is 20.8. The van der Waals surface area contributed by atoms with Gasteiger partial charge in [0, 0.05) is 32.2 Å². The fraction of sp³-hybridized carbons (Fsp3) is 0.320. The largest absolute Gasteiger partial charge is 0.497 e. The maximum Gasteiger partial charge on any atom is 0.227 e. The summed E-state index contributed by atoms with van der Waals surface area (Å²) in [5.74, 6) is 1.80. The first-order valence-electron chi connectivity index (χ1n) is 10.7. The monoisotopic (exact) mass is 416 g/mol. The molecule has 0 saturated carbocycles. The van der Waals surface area contributed by atoms with Gasteiger partial charge in [-0.1, -0.05) is 30.3 Å². The number of methoxy groups -OCH3 is 1. The molecule has 6 nitrogen and oxygen atoms in total. The summed E-state index contributed by atoms with van der Waals surface area (Å²) in [6.07, 6.45) is 1.88. The highest BCUT2D eigenvalue weighted by Crippen LogP contribution is 2.25. The Morgan fingerprint density at radius 3 is 2.52 bits per heavy atom. The van der Waals surface area contributed by atoms with E-state index < -0.39 is 0 Å². The highest BCUT2D eigenvalue weighted by atomic mass is 16.5. The molecule has 0 spiro atoms. The summed E-state index contributed by atoms with van der Waals surface area (Å²) in [6, 6.07) is 21.9. The number of ether oxygens (including phenoxy) is 1. The highest BCUT2D eigenvalue weighted by molar-refractivity contribution is 5.79. The molecule has 1 unspecified atom stereocenters. The molecule has 1 aliphatic heterocycles. The molecule has 1 aromatic heterocycles. The molecule has 0 radical (unpaired) electrons. The Morgan fingerprint density at radius 2 is 1.84 bits per heavy atom. The van der Waals surface area contributed by atoms with E-state index in [1.165, 1.54) is 0 Å². The van der Waals surface area contributed by atoms with Gasteiger partial charge < -0.3 is 14.5 Å². The highest BCUT2D eigenvalue weighted by Gasteiger charge is 2.28. The average molecular weight is 417 g/mol. The molecule has 0 N–H and O–H groups in total. The molecule has 2 aromatic carbocycles. The fourth-order valence-corrected chi connectivity index (χ4v) is 4.04. The predicted molar refractivity (Wildman–Crippen MR) is 122 cm³/mol. The second kappa shape index (κ2) is 9.60. The number of carbonyl (C=O) groups excluding carboxylic acids is 1. The molecule has 1 amide bonds. The van der Waals surface area contributed by atoms with Crippen molar-refractivity contribution in [3.8, 4) is 17.0 Å². The molecule has 1 atom stereocenters. The lowest BCUT2D eigenvalue weighted by Crippen LogP contribution is -2.43. The number of benzene rings is 2. The van der Waals surface area contributed by atoms with Gasteiger partial charge in [-0.2, -0.15) is 0 Å². The zero-order valence-electron chi connectivity index (χ0n) is 18.1. The van der Waals surface area contributed by atoms with E-state index in [0.717, 1.165) is 47.8 Å². The second-order valence-electron chi connectivity index (χ2n) is 7.97. The quantitative estimate of drug-likeness (QED) is 0.607. The number of carbonyl (C=O) groups is 1. The molecule has 1 saturated heterocycles. The van der Waals surface area contributed by atoms with Gasteiger partial charge >= 0.3 is 0 Å². The maximum absolute atomic E-state index is 13.0. The molecule has 1 aliphatic rings. The minimum absolute atomic E-state index is 0.0227. The third kappa shape index (κ3) is 5.02. The minimum atomic E-state index is -0.0227. The molecular formula is C25H28N4O2. The van der Waals surface area contributed by atoms with Gasteiger partial charge in [0.1, 0.15) is 5.75 Å². The van der Waals surface area contributed by atoms with Crippen molar-refractivity contribution in [2.45, 2.75) is 19.4 Å². The molecule has 6 heteroatoms. The Morgan fingerprint density at radius 1 is 1.06 bits per heavy atom. The summed E-state index contributed by atoms with van der Waals surface area (Å²) in [6.45, 7) is 2.20. The topological polar surface area (TPSA) is 58.6 Å². The van der Waals surface area contributed by atoms with Crippen molar-refractivity contribution in [3.05, 3.63) is 72.3 Å². The number of amides is 1. The molecule has 0 aliphatic carbocycles. The van der Waals surface area contributed by atoms with Gasteiger partial charge in [0.05, 0.1) is 18.7 Å². The summed E-state index contributed by atoms with van der Waals surface area (Å²) in [5.41, 5.74) is 2.96. The van der Waals surface area contributed by atoms with E-state index in [2.05, 4.69) is 27.2 Å². The smallest absolute Gasteiger partial charge is 0.227 e. The van der Waals surface area contributed by atoms with E-state index in [1.807, 2.05) is 66.5 Å². The first-order valence-corrected chi connectivity index (χ1v) is 10.7. The van der Waals surface area contributed by atoms with Crippen LogP contribution in [0.1, 0.15) is 18.4 Å². The van der Waals surface area contributed by atoms with Crippen LogP contribution in [-0.2, 0) is 11.3 Å². The third-order valence-electron chi connectivity index (χ3n) is 5.77. The summed E-state index contributed by atoms with van der Waals surface area (Å²) in [5, 5.41) is 8.86. The van der Waals surface area contributed by atoms with E-state index in [1.54, 1.807) is 7.11 Å². The first-order chi connectivity index (χ1) is 15.1. The van der Waals surface area contributed by atoms with Crippen molar-refractivity contribution in [1.82, 2.24) is 15.1 Å². The molecule has 3 aromatic rings. The van der Waals surface area contributed by atoms with Crippen molar-refractivity contribution in [1.29, 1.82) is 0 Å². The SMILES string of the molecule is COc1ccc(-c2ccc(N3CCCC(C(=O)N(C)Cc4ccccc4)C3)nn2)cc1. The summed E-state index contributed by atoms with van der Waals surface area (Å²) < 4.78 is 5.21. The Hall–Kier alpha value is -3.41. The van der Waals surface area contributed by atoms with Crippen LogP contribution in [0, 0.1) is 5.92 Å². The predicted octanol–water partition coefficient (Wildman–Crippen LogP) is 4.03. The summed E-state index contributed by atoms with van der Waals surface area (Å²) in [4.78, 5) is 17.0. The molecule has 1 fully saturated rings. The van der Waals surface area contributed by atoms with E-state index in [-0.39, 0.29) is 11.8 Å². The zero-order chi connectivity index (χ0) is 21.6. The second-order valence-corrected chi connectivity index (χ2v) is 7.97. The van der Waals surface area contributed by atoms with Crippen LogP contribution in [0.5, 0.6) is 5.75 Å². The van der Waals surface area contributed by atoms with E-state index in [0.29, 0.717) is 13.1 Å². The summed E-state index contributed by atoms with van der Waals surface area (Å²) in [7, 11) is 3.54. The van der Waals surface area contributed by atoms with Crippen molar-refractivity contribution < 1.29 is 9.53 Å². The van der Waals surface area contributed by atoms with Crippen molar-refractivity contribution >= 4 is 11.7 Å². The number of piperidine rings is 1. The van der Waals surface area contributed by atoms with Crippen LogP contribution >= 0.6 is 0 Å². The number of rotatable bonds is 6. The van der Waals surface area contributed by atoms with E-state index in [4.69, 9.17) is 4.74 Å². The lowest BCUT2D eigenvalue weighted by atomic mass is 9.96. The van der Waals surface area contributed by atoms with E-state index in [9.17, 15) is 4.79 Å². The molecule has 0 bridgehead atoms. The van der Waals surface area contributed by atoms with Gasteiger partial charge in [0.2, 0.25) is 5.91 Å². The molecule has 31 heavy (non-hydrogen) atoms. The van der Waals surface area contributed by atoms with Gasteiger partial charge in [0.25, 0.3) is 0 Å². The lowest BCUT2D eigenvalue weighted by molar-refractivity contribution is -0.135. The van der Waals surface area contributed by atoms with Gasteiger partial charge in [-0.25, -0.2) is 0 Å². The Bertz CT molecular complexity index is 990. The van der Waals surface area contributed by atoms with Gasteiger partial charge in [-0.3, -0.25) is 4.79 Å². The normalized spacial score (nSPS) is 16.1. The number of hydrogen-bond acceptors (Lipinski definition) is 5. The molecule has 2 heterocycles. The van der Waals surface area contributed by atoms with E-state index >= 15 is 0 Å². The minimum Gasteiger partial charge on any atom is -0.497 e. The Balaban J connectivity index is 1.40. The molecular weight excluding hydrogens is 388 g/mol. The summed E-state index contributed by atoms with van der Waals surface area (Å²) >= 11 is 0. The van der Waals surface area contributed by atoms with Crippen molar-refractivity contribution in [2.24, 2.45) is 5.92 Å². The standard InChI is InChI=1S/C25H28N4O2/c1-28(17-19-7-4-3-5-8-19)25(30)21-9-6-16-29(18-21)24-15-14-23(26-27-24)20-10-12-22(31-2)13-11-20/h3-5,7-8,10-15,21H,6,9,16-18H2,1-2H3. The maximum atomic E-state index is 13.0. The van der Waals surface area contributed by atoms with Crippen molar-refractivity contribution in [2.75, 3.05) is 32.1 Å². The van der Waals surface area contributed by atoms with Crippen LogP contribution in [0.2, 0.25) is 0 Å². The zero-order valence-corrected chi connectivity index (χ0v) is 18.1. The average Bonchev–Trinajstić information content (AvgIpc) is 2.84. The van der Waals surface area contributed by atoms with Gasteiger partial charge in [-0.05, 0) is 54.8 Å². The fourth-order valence-electron chi connectivity index (χ4n) is 4.04. The Kier molecular flexibility index (Phi) is 6.46. The molecule has 160 valence electrons. The van der Waals surface area contributed by atoms with Crippen LogP contribution in [0.3, 0.4) is 0 Å². The number of aromatic nitrogens is 2. The van der Waals surface area contributed by atoms with Crippen LogP contribution in [-0.4, -0.2) is 48.3 Å². The van der Waals surface area contributed by atoms with Crippen LogP contribution in [0.15, 0.2) is 66.7 Å². The Labute approximate surface area is 183 Å². The third-order valence-corrected chi connectivity index (χ3v) is 5.77. The van der Waals surface area contributed by atoms with Crippen LogP contribution < -0.4 is 9.64 Å². The number of hydrogen-bond donors (Lipinski definition) is 0.